The first-order valence-corrected chi connectivity index (χ1v) is 6.46. The van der Waals surface area contributed by atoms with Crippen molar-refractivity contribution in [3.63, 3.8) is 0 Å². The van der Waals surface area contributed by atoms with Gasteiger partial charge in [0.25, 0.3) is 0 Å². The molecule has 2 rings (SSSR count). The van der Waals surface area contributed by atoms with Crippen LogP contribution in [-0.4, -0.2) is 26.6 Å². The summed E-state index contributed by atoms with van der Waals surface area (Å²) in [4.78, 5) is 19.2. The molecule has 2 aromatic heterocycles. The van der Waals surface area contributed by atoms with Crippen molar-refractivity contribution in [2.24, 2.45) is 0 Å². The molecule has 0 aliphatic carbocycles. The first kappa shape index (κ1) is 12.8. The molecule has 0 aromatic carbocycles. The molecule has 0 aliphatic rings. The summed E-state index contributed by atoms with van der Waals surface area (Å²) < 4.78 is 0.966. The summed E-state index contributed by atoms with van der Waals surface area (Å²) in [5, 5.41) is 14.1. The van der Waals surface area contributed by atoms with Crippen LogP contribution in [0.4, 0.5) is 5.82 Å². The highest BCUT2D eigenvalue weighted by Gasteiger charge is 2.23. The zero-order chi connectivity index (χ0) is 13.3. The fourth-order valence-electron chi connectivity index (χ4n) is 1.80. The summed E-state index contributed by atoms with van der Waals surface area (Å²) in [5.41, 5.74) is 1.48. The number of carbonyl (C=O) groups is 1. The summed E-state index contributed by atoms with van der Waals surface area (Å²) in [6.07, 6.45) is 1.53. The lowest BCUT2D eigenvalue weighted by molar-refractivity contribution is -0.137. The summed E-state index contributed by atoms with van der Waals surface area (Å²) in [7, 11) is 0. The van der Waals surface area contributed by atoms with Crippen LogP contribution in [0.5, 0.6) is 0 Å². The van der Waals surface area contributed by atoms with Crippen molar-refractivity contribution in [3.8, 4) is 0 Å². The van der Waals surface area contributed by atoms with Gasteiger partial charge >= 0.3 is 5.97 Å². The van der Waals surface area contributed by atoms with Gasteiger partial charge in [-0.25, -0.2) is 9.97 Å². The lowest BCUT2D eigenvalue weighted by atomic mass is 10.0. The second-order valence-electron chi connectivity index (χ2n) is 4.90. The molecule has 0 saturated heterocycles. The fourth-order valence-corrected chi connectivity index (χ4v) is 2.75. The molecule has 0 spiro atoms. The van der Waals surface area contributed by atoms with Gasteiger partial charge in [0.2, 0.25) is 0 Å². The Hall–Kier alpha value is -1.69. The number of rotatable bonds is 4. The number of anilines is 1. The Morgan fingerprint density at radius 2 is 2.22 bits per heavy atom. The molecule has 0 unspecified atom stereocenters. The Balaban J connectivity index is 2.34. The minimum Gasteiger partial charge on any atom is -0.481 e. The summed E-state index contributed by atoms with van der Waals surface area (Å²) in [6.45, 7) is 5.68. The van der Waals surface area contributed by atoms with E-state index in [4.69, 9.17) is 5.11 Å². The van der Waals surface area contributed by atoms with Gasteiger partial charge in [0.05, 0.1) is 16.6 Å². The van der Waals surface area contributed by atoms with Crippen LogP contribution in [0.2, 0.25) is 0 Å². The van der Waals surface area contributed by atoms with E-state index in [1.165, 1.54) is 6.33 Å². The molecule has 6 heteroatoms. The van der Waals surface area contributed by atoms with Gasteiger partial charge in [-0.05, 0) is 31.7 Å². The zero-order valence-electron chi connectivity index (χ0n) is 10.5. The van der Waals surface area contributed by atoms with Crippen molar-refractivity contribution < 1.29 is 9.90 Å². The molecular weight excluding hydrogens is 250 g/mol. The maximum atomic E-state index is 10.8. The van der Waals surface area contributed by atoms with Gasteiger partial charge in [-0.1, -0.05) is 0 Å². The van der Waals surface area contributed by atoms with Crippen molar-refractivity contribution in [1.82, 2.24) is 9.97 Å². The molecule has 0 radical (unpaired) electrons. The average molecular weight is 265 g/mol. The lowest BCUT2D eigenvalue weighted by Gasteiger charge is -2.25. The molecule has 2 heterocycles. The lowest BCUT2D eigenvalue weighted by Crippen LogP contribution is -2.34. The first-order chi connectivity index (χ1) is 8.39. The van der Waals surface area contributed by atoms with Gasteiger partial charge in [-0.2, -0.15) is 0 Å². The zero-order valence-corrected chi connectivity index (χ0v) is 11.3. The van der Waals surface area contributed by atoms with Gasteiger partial charge in [-0.15, -0.1) is 11.3 Å². The SMILES string of the molecule is Cc1csc2c(NC(C)(C)CC(=O)O)ncnc12. The second kappa shape index (κ2) is 4.53. The van der Waals surface area contributed by atoms with E-state index in [1.807, 2.05) is 26.2 Å². The number of fused-ring (bicyclic) bond motifs is 1. The molecule has 2 N–H and O–H groups in total. The molecule has 96 valence electrons. The highest BCUT2D eigenvalue weighted by molar-refractivity contribution is 7.18. The highest BCUT2D eigenvalue weighted by Crippen LogP contribution is 2.30. The van der Waals surface area contributed by atoms with E-state index in [-0.39, 0.29) is 6.42 Å². The molecule has 0 saturated carbocycles. The van der Waals surface area contributed by atoms with Gasteiger partial charge in [0.1, 0.15) is 12.1 Å². The summed E-state index contributed by atoms with van der Waals surface area (Å²) in [5.74, 6) is -0.135. The Bertz CT molecular complexity index is 592. The van der Waals surface area contributed by atoms with Gasteiger partial charge in [0, 0.05) is 5.54 Å². The molecule has 18 heavy (non-hydrogen) atoms. The number of aryl methyl sites for hydroxylation is 1. The predicted molar refractivity (Wildman–Crippen MR) is 72.1 cm³/mol. The first-order valence-electron chi connectivity index (χ1n) is 5.58. The van der Waals surface area contributed by atoms with E-state index in [2.05, 4.69) is 15.3 Å². The van der Waals surface area contributed by atoms with Crippen molar-refractivity contribution >= 4 is 33.3 Å². The Morgan fingerprint density at radius 1 is 1.50 bits per heavy atom. The van der Waals surface area contributed by atoms with Crippen molar-refractivity contribution in [2.75, 3.05) is 5.32 Å². The Morgan fingerprint density at radius 3 is 2.89 bits per heavy atom. The fraction of sp³-hybridized carbons (Fsp3) is 0.417. The van der Waals surface area contributed by atoms with E-state index in [9.17, 15) is 4.79 Å². The molecular formula is C12H15N3O2S. The second-order valence-corrected chi connectivity index (χ2v) is 5.78. The molecule has 0 fully saturated rings. The smallest absolute Gasteiger partial charge is 0.305 e. The molecule has 2 aromatic rings. The monoisotopic (exact) mass is 265 g/mol. The number of thiophene rings is 1. The van der Waals surface area contributed by atoms with Crippen LogP contribution < -0.4 is 5.32 Å². The van der Waals surface area contributed by atoms with Crippen LogP contribution in [0, 0.1) is 6.92 Å². The molecule has 0 bridgehead atoms. The predicted octanol–water partition coefficient (Wildman–Crippen LogP) is 2.66. The molecule has 0 atom stereocenters. The number of carboxylic acid groups (broad SMARTS) is 1. The maximum absolute atomic E-state index is 10.8. The standard InChI is InChI=1S/C12H15N3O2S/c1-7-5-18-10-9(7)13-6-14-11(10)15-12(2,3)4-8(16)17/h5-6H,4H2,1-3H3,(H,16,17)(H,13,14,15). The van der Waals surface area contributed by atoms with Crippen LogP contribution >= 0.6 is 11.3 Å². The minimum absolute atomic E-state index is 0.0306. The van der Waals surface area contributed by atoms with E-state index in [0.29, 0.717) is 5.82 Å². The van der Waals surface area contributed by atoms with Crippen LogP contribution in [0.1, 0.15) is 25.8 Å². The van der Waals surface area contributed by atoms with E-state index in [1.54, 1.807) is 11.3 Å². The maximum Gasteiger partial charge on any atom is 0.305 e. The van der Waals surface area contributed by atoms with Crippen LogP contribution in [-0.2, 0) is 4.79 Å². The Labute approximate surface area is 109 Å². The number of aromatic nitrogens is 2. The largest absolute Gasteiger partial charge is 0.481 e. The van der Waals surface area contributed by atoms with Crippen LogP contribution in [0.25, 0.3) is 10.2 Å². The van der Waals surface area contributed by atoms with Gasteiger partial charge in [-0.3, -0.25) is 4.79 Å². The number of hydrogen-bond acceptors (Lipinski definition) is 5. The third-order valence-electron chi connectivity index (χ3n) is 2.58. The number of carboxylic acids is 1. The molecule has 0 amide bonds. The van der Waals surface area contributed by atoms with Crippen LogP contribution in [0.15, 0.2) is 11.7 Å². The topological polar surface area (TPSA) is 75.1 Å². The van der Waals surface area contributed by atoms with Crippen molar-refractivity contribution in [3.05, 3.63) is 17.3 Å². The van der Waals surface area contributed by atoms with Crippen molar-refractivity contribution in [2.45, 2.75) is 32.7 Å². The number of aliphatic carboxylic acids is 1. The summed E-state index contributed by atoms with van der Waals surface area (Å²) in [6, 6.07) is 0. The molecule has 5 nitrogen and oxygen atoms in total. The van der Waals surface area contributed by atoms with Gasteiger partial charge in [0.15, 0.2) is 0 Å². The van der Waals surface area contributed by atoms with E-state index in [0.717, 1.165) is 15.8 Å². The highest BCUT2D eigenvalue weighted by atomic mass is 32.1. The van der Waals surface area contributed by atoms with E-state index >= 15 is 0 Å². The Kier molecular flexibility index (Phi) is 3.21. The third kappa shape index (κ3) is 2.59. The third-order valence-corrected chi connectivity index (χ3v) is 3.67. The van der Waals surface area contributed by atoms with Gasteiger partial charge < -0.3 is 10.4 Å². The van der Waals surface area contributed by atoms with Crippen LogP contribution in [0.3, 0.4) is 0 Å². The normalized spacial score (nSPS) is 11.7. The van der Waals surface area contributed by atoms with E-state index < -0.39 is 11.5 Å². The minimum atomic E-state index is -0.833. The quantitative estimate of drug-likeness (QED) is 0.889. The number of nitrogens with one attached hydrogen (secondary N) is 1. The number of nitrogens with zero attached hydrogens (tertiary/aromatic N) is 2. The van der Waals surface area contributed by atoms with Crippen molar-refractivity contribution in [1.29, 1.82) is 0 Å². The average Bonchev–Trinajstić information content (AvgIpc) is 2.59. The summed E-state index contributed by atoms with van der Waals surface area (Å²) >= 11 is 1.57. The molecule has 0 aliphatic heterocycles. The number of hydrogen-bond donors (Lipinski definition) is 2.